The maximum atomic E-state index is 4.35. The first-order chi connectivity index (χ1) is 11.9. The Kier molecular flexibility index (Phi) is 4.13. The molecule has 0 atom stereocenters. The topological polar surface area (TPSA) is 37.8 Å². The highest BCUT2D eigenvalue weighted by molar-refractivity contribution is 7.97. The number of hydrogen-bond acceptors (Lipinski definition) is 4. The molecular weight excluding hydrogens is 314 g/mol. The van der Waals surface area contributed by atoms with Crippen molar-refractivity contribution >= 4 is 39.8 Å². The minimum Gasteiger partial charge on any atom is -0.332 e. The monoisotopic (exact) mass is 329 g/mol. The summed E-state index contributed by atoms with van der Waals surface area (Å²) in [6.45, 7) is 0. The zero-order chi connectivity index (χ0) is 16.2. The van der Waals surface area contributed by atoms with Crippen LogP contribution in [0.15, 0.2) is 84.2 Å². The first-order valence-corrected chi connectivity index (χ1v) is 8.50. The van der Waals surface area contributed by atoms with Crippen molar-refractivity contribution in [3.05, 3.63) is 84.8 Å². The highest BCUT2D eigenvalue weighted by Gasteiger charge is 2.01. The lowest BCUT2D eigenvalue weighted by Crippen LogP contribution is -1.96. The van der Waals surface area contributed by atoms with E-state index < -0.39 is 0 Å². The largest absolute Gasteiger partial charge is 0.332 e. The van der Waals surface area contributed by atoms with E-state index in [2.05, 4.69) is 63.2 Å². The molecular formula is C20H15N3S. The number of benzene rings is 2. The predicted molar refractivity (Wildman–Crippen MR) is 102 cm³/mol. The third-order valence-electron chi connectivity index (χ3n) is 3.76. The third kappa shape index (κ3) is 2.96. The fraction of sp³-hybridized carbons (Fsp3) is 0. The minimum absolute atomic E-state index is 0.977. The van der Waals surface area contributed by atoms with Gasteiger partial charge in [-0.3, -0.25) is 9.97 Å². The standard InChI is InChI=1S/C12H8N2.C8H7NS/c1-3-9-5-6-10-4-2-8-14-12(10)11(9)13-7-1;1-2-4-8-7(3-1)5-6-9-10-8/h1-8H;1-6,9H. The van der Waals surface area contributed by atoms with Gasteiger partial charge >= 0.3 is 0 Å². The number of nitrogens with one attached hydrogen (secondary N) is 1. The number of hydrogen-bond donors (Lipinski definition) is 1. The van der Waals surface area contributed by atoms with Crippen molar-refractivity contribution in [2.75, 3.05) is 0 Å². The van der Waals surface area contributed by atoms with E-state index in [4.69, 9.17) is 0 Å². The van der Waals surface area contributed by atoms with Crippen molar-refractivity contribution in [2.45, 2.75) is 4.90 Å². The molecule has 3 heterocycles. The van der Waals surface area contributed by atoms with Gasteiger partial charge in [-0.25, -0.2) is 0 Å². The summed E-state index contributed by atoms with van der Waals surface area (Å²) in [6, 6.07) is 20.5. The van der Waals surface area contributed by atoms with Gasteiger partial charge < -0.3 is 4.72 Å². The zero-order valence-electron chi connectivity index (χ0n) is 12.9. The molecule has 2 aromatic heterocycles. The molecule has 24 heavy (non-hydrogen) atoms. The highest BCUT2D eigenvalue weighted by atomic mass is 32.2. The highest BCUT2D eigenvalue weighted by Crippen LogP contribution is 2.24. The molecule has 0 bridgehead atoms. The third-order valence-corrected chi connectivity index (χ3v) is 4.61. The van der Waals surface area contributed by atoms with E-state index in [1.54, 1.807) is 24.3 Å². The van der Waals surface area contributed by atoms with Crippen molar-refractivity contribution < 1.29 is 0 Å². The van der Waals surface area contributed by atoms with Gasteiger partial charge in [0.1, 0.15) is 0 Å². The predicted octanol–water partition coefficient (Wildman–Crippen LogP) is 5.05. The molecule has 116 valence electrons. The summed E-state index contributed by atoms with van der Waals surface area (Å²) in [5, 5.41) is 2.28. The second-order valence-electron chi connectivity index (χ2n) is 5.31. The van der Waals surface area contributed by atoms with Crippen LogP contribution in [0.1, 0.15) is 5.56 Å². The number of rotatable bonds is 0. The summed E-state index contributed by atoms with van der Waals surface area (Å²) in [4.78, 5) is 9.99. The van der Waals surface area contributed by atoms with E-state index in [1.165, 1.54) is 10.5 Å². The molecule has 1 N–H and O–H groups in total. The molecule has 5 rings (SSSR count). The van der Waals surface area contributed by atoms with Crippen molar-refractivity contribution in [1.29, 1.82) is 0 Å². The Bertz CT molecular complexity index is 972. The molecule has 2 aromatic carbocycles. The second kappa shape index (κ2) is 6.72. The molecule has 0 radical (unpaired) electrons. The van der Waals surface area contributed by atoms with Gasteiger partial charge in [-0.2, -0.15) is 0 Å². The van der Waals surface area contributed by atoms with Gasteiger partial charge in [0.05, 0.1) is 11.0 Å². The molecule has 0 saturated carbocycles. The van der Waals surface area contributed by atoms with Crippen LogP contribution in [-0.4, -0.2) is 9.97 Å². The van der Waals surface area contributed by atoms with E-state index in [9.17, 15) is 0 Å². The first-order valence-electron chi connectivity index (χ1n) is 7.68. The average molecular weight is 329 g/mol. The number of pyridine rings is 2. The Morgan fingerprint density at radius 1 is 0.708 bits per heavy atom. The SMILES string of the molecule is C1=Cc2ccccc2SN1.c1cnc2c(c1)ccc1cccnc12. The van der Waals surface area contributed by atoms with Crippen molar-refractivity contribution in [1.82, 2.24) is 14.7 Å². The summed E-state index contributed by atoms with van der Waals surface area (Å²) in [5.74, 6) is 0. The molecule has 4 heteroatoms. The molecule has 3 nitrogen and oxygen atoms in total. The first kappa shape index (κ1) is 14.7. The van der Waals surface area contributed by atoms with Gasteiger partial charge in [0, 0.05) is 34.3 Å². The van der Waals surface area contributed by atoms with E-state index in [1.807, 2.05) is 24.4 Å². The Hall–Kier alpha value is -2.85. The summed E-state index contributed by atoms with van der Waals surface area (Å²) in [6.07, 6.45) is 7.63. The van der Waals surface area contributed by atoms with Crippen LogP contribution >= 0.6 is 11.9 Å². The summed E-state index contributed by atoms with van der Waals surface area (Å²) in [5.41, 5.74) is 3.25. The molecule has 0 saturated heterocycles. The Labute approximate surface area is 144 Å². The quantitative estimate of drug-likeness (QED) is 0.362. The Balaban J connectivity index is 0.000000129. The molecule has 4 aromatic rings. The molecule has 0 unspecified atom stereocenters. The number of nitrogens with zero attached hydrogens (tertiary/aromatic N) is 2. The van der Waals surface area contributed by atoms with E-state index in [0.29, 0.717) is 0 Å². The van der Waals surface area contributed by atoms with E-state index in [0.717, 1.165) is 21.8 Å². The van der Waals surface area contributed by atoms with Crippen LogP contribution in [0.4, 0.5) is 0 Å². The van der Waals surface area contributed by atoms with Gasteiger partial charge in [0.15, 0.2) is 0 Å². The minimum atomic E-state index is 0.977. The van der Waals surface area contributed by atoms with Crippen molar-refractivity contribution in [2.24, 2.45) is 0 Å². The maximum absolute atomic E-state index is 4.35. The molecule has 0 amide bonds. The van der Waals surface area contributed by atoms with Crippen LogP contribution in [0.2, 0.25) is 0 Å². The van der Waals surface area contributed by atoms with Crippen LogP contribution in [-0.2, 0) is 0 Å². The van der Waals surface area contributed by atoms with Gasteiger partial charge in [-0.1, -0.05) is 42.5 Å². The van der Waals surface area contributed by atoms with E-state index in [-0.39, 0.29) is 0 Å². The van der Waals surface area contributed by atoms with Crippen LogP contribution in [0.25, 0.3) is 27.9 Å². The molecule has 1 aliphatic rings. The molecule has 1 aliphatic heterocycles. The molecule has 0 fully saturated rings. The summed E-state index contributed by atoms with van der Waals surface area (Å²) < 4.78 is 3.08. The van der Waals surface area contributed by atoms with Gasteiger partial charge in [0.25, 0.3) is 0 Å². The van der Waals surface area contributed by atoms with Crippen LogP contribution in [0.5, 0.6) is 0 Å². The zero-order valence-corrected chi connectivity index (χ0v) is 13.7. The summed E-state index contributed by atoms with van der Waals surface area (Å²) in [7, 11) is 0. The molecule has 0 aliphatic carbocycles. The van der Waals surface area contributed by atoms with Crippen LogP contribution in [0, 0.1) is 0 Å². The number of aromatic nitrogens is 2. The number of fused-ring (bicyclic) bond motifs is 4. The second-order valence-corrected chi connectivity index (χ2v) is 6.19. The van der Waals surface area contributed by atoms with Crippen molar-refractivity contribution in [3.8, 4) is 0 Å². The van der Waals surface area contributed by atoms with Crippen LogP contribution < -0.4 is 4.72 Å². The van der Waals surface area contributed by atoms with Gasteiger partial charge in [-0.05, 0) is 41.8 Å². The fourth-order valence-corrected chi connectivity index (χ4v) is 3.28. The Morgan fingerprint density at radius 3 is 2.04 bits per heavy atom. The Morgan fingerprint density at radius 2 is 1.38 bits per heavy atom. The fourth-order valence-electron chi connectivity index (χ4n) is 2.61. The van der Waals surface area contributed by atoms with Gasteiger partial charge in [-0.15, -0.1) is 0 Å². The normalized spacial score (nSPS) is 12.2. The van der Waals surface area contributed by atoms with Crippen molar-refractivity contribution in [3.63, 3.8) is 0 Å². The van der Waals surface area contributed by atoms with Gasteiger partial charge in [0.2, 0.25) is 0 Å². The smallest absolute Gasteiger partial charge is 0.0964 e. The van der Waals surface area contributed by atoms with Crippen LogP contribution in [0.3, 0.4) is 0 Å². The average Bonchev–Trinajstić information content (AvgIpc) is 2.68. The van der Waals surface area contributed by atoms with E-state index >= 15 is 0 Å². The lowest BCUT2D eigenvalue weighted by Gasteiger charge is -2.08. The lowest BCUT2D eigenvalue weighted by atomic mass is 10.1. The summed E-state index contributed by atoms with van der Waals surface area (Å²) >= 11 is 1.65. The lowest BCUT2D eigenvalue weighted by molar-refractivity contribution is 1.32. The maximum Gasteiger partial charge on any atom is 0.0964 e. The molecule has 0 spiro atoms.